The Hall–Kier alpha value is -2.53. The van der Waals surface area contributed by atoms with Crippen molar-refractivity contribution in [2.45, 2.75) is 38.3 Å². The summed E-state index contributed by atoms with van der Waals surface area (Å²) in [4.78, 5) is 14.0. The summed E-state index contributed by atoms with van der Waals surface area (Å²) in [5, 5.41) is 9.81. The van der Waals surface area contributed by atoms with Crippen LogP contribution in [0.15, 0.2) is 42.5 Å². The third kappa shape index (κ3) is 4.08. The molecular weight excluding hydrogens is 342 g/mol. The first kappa shape index (κ1) is 19.2. The predicted molar refractivity (Wildman–Crippen MR) is 105 cm³/mol. The van der Waals surface area contributed by atoms with Crippen LogP contribution < -0.4 is 9.47 Å². The molecule has 2 aromatic carbocycles. The molecule has 1 N–H and O–H groups in total. The van der Waals surface area contributed by atoms with E-state index in [1.807, 2.05) is 25.1 Å². The summed E-state index contributed by atoms with van der Waals surface area (Å²) in [5.41, 5.74) is 3.19. The third-order valence-electron chi connectivity index (χ3n) is 5.29. The van der Waals surface area contributed by atoms with Gasteiger partial charge in [-0.15, -0.1) is 0 Å². The van der Waals surface area contributed by atoms with Gasteiger partial charge in [0.25, 0.3) is 0 Å². The van der Waals surface area contributed by atoms with Crippen molar-refractivity contribution < 1.29 is 19.4 Å². The van der Waals surface area contributed by atoms with Crippen LogP contribution in [0.1, 0.15) is 42.0 Å². The highest BCUT2D eigenvalue weighted by atomic mass is 16.5. The molecule has 0 aromatic heterocycles. The van der Waals surface area contributed by atoms with Crippen molar-refractivity contribution in [3.05, 3.63) is 59.2 Å². The number of carboxylic acid groups (broad SMARTS) is 1. The molecule has 2 aromatic rings. The van der Waals surface area contributed by atoms with E-state index < -0.39 is 12.0 Å². The summed E-state index contributed by atoms with van der Waals surface area (Å²) in [6.07, 6.45) is 2.59. The molecule has 0 aliphatic carbocycles. The summed E-state index contributed by atoms with van der Waals surface area (Å²) in [7, 11) is 3.26. The SMILES string of the molecule is COc1ccc(C(c2ccc(C)cc2)N2CCCCC2C(=O)O)c(OC)c1. The number of carboxylic acids is 1. The molecule has 5 heteroatoms. The van der Waals surface area contributed by atoms with Gasteiger partial charge in [-0.25, -0.2) is 0 Å². The van der Waals surface area contributed by atoms with Crippen LogP contribution in [0.3, 0.4) is 0 Å². The van der Waals surface area contributed by atoms with Gasteiger partial charge < -0.3 is 14.6 Å². The molecule has 1 fully saturated rings. The molecule has 1 heterocycles. The molecule has 0 saturated carbocycles. The van der Waals surface area contributed by atoms with Gasteiger partial charge >= 0.3 is 5.97 Å². The number of methoxy groups -OCH3 is 2. The maximum atomic E-state index is 11.9. The Morgan fingerprint density at radius 3 is 2.48 bits per heavy atom. The Labute approximate surface area is 160 Å². The van der Waals surface area contributed by atoms with Crippen molar-refractivity contribution in [1.29, 1.82) is 0 Å². The number of hydrogen-bond acceptors (Lipinski definition) is 4. The summed E-state index contributed by atoms with van der Waals surface area (Å²) in [5.74, 6) is 0.653. The molecular formula is C22H27NO4. The van der Waals surface area contributed by atoms with E-state index in [1.165, 1.54) is 5.56 Å². The van der Waals surface area contributed by atoms with Gasteiger partial charge in [0.2, 0.25) is 0 Å². The number of benzene rings is 2. The molecule has 1 aliphatic heterocycles. The first-order valence-electron chi connectivity index (χ1n) is 9.32. The van der Waals surface area contributed by atoms with Crippen LogP contribution in [-0.4, -0.2) is 42.8 Å². The molecule has 0 spiro atoms. The molecule has 0 bridgehead atoms. The highest BCUT2D eigenvalue weighted by Crippen LogP contribution is 2.39. The monoisotopic (exact) mass is 369 g/mol. The van der Waals surface area contributed by atoms with Gasteiger partial charge in [0, 0.05) is 11.6 Å². The van der Waals surface area contributed by atoms with E-state index in [9.17, 15) is 9.90 Å². The van der Waals surface area contributed by atoms with E-state index in [1.54, 1.807) is 14.2 Å². The normalized spacial score (nSPS) is 18.7. The van der Waals surface area contributed by atoms with E-state index in [4.69, 9.17) is 9.47 Å². The van der Waals surface area contributed by atoms with Crippen LogP contribution in [0.5, 0.6) is 11.5 Å². The largest absolute Gasteiger partial charge is 0.497 e. The van der Waals surface area contributed by atoms with E-state index in [0.29, 0.717) is 17.9 Å². The summed E-state index contributed by atoms with van der Waals surface area (Å²) in [6.45, 7) is 2.79. The van der Waals surface area contributed by atoms with E-state index in [2.05, 4.69) is 29.2 Å². The molecule has 0 radical (unpaired) electrons. The van der Waals surface area contributed by atoms with Crippen LogP contribution >= 0.6 is 0 Å². The lowest BCUT2D eigenvalue weighted by molar-refractivity contribution is -0.145. The quantitative estimate of drug-likeness (QED) is 0.833. The van der Waals surface area contributed by atoms with Crippen molar-refractivity contribution in [3.8, 4) is 11.5 Å². The van der Waals surface area contributed by atoms with Gasteiger partial charge in [-0.1, -0.05) is 36.2 Å². The van der Waals surface area contributed by atoms with Crippen LogP contribution in [-0.2, 0) is 4.79 Å². The minimum atomic E-state index is -0.765. The summed E-state index contributed by atoms with van der Waals surface area (Å²) < 4.78 is 11.0. The molecule has 144 valence electrons. The molecule has 27 heavy (non-hydrogen) atoms. The molecule has 3 rings (SSSR count). The van der Waals surface area contributed by atoms with Crippen LogP contribution in [0, 0.1) is 6.92 Å². The number of likely N-dealkylation sites (tertiary alicyclic amines) is 1. The second-order valence-corrected chi connectivity index (χ2v) is 7.01. The van der Waals surface area contributed by atoms with Crippen LogP contribution in [0.4, 0.5) is 0 Å². The van der Waals surface area contributed by atoms with Crippen molar-refractivity contribution in [1.82, 2.24) is 4.90 Å². The minimum absolute atomic E-state index is 0.187. The van der Waals surface area contributed by atoms with E-state index in [0.717, 1.165) is 30.5 Å². The lowest BCUT2D eigenvalue weighted by atomic mass is 9.90. The van der Waals surface area contributed by atoms with Gasteiger partial charge in [-0.3, -0.25) is 9.69 Å². The zero-order valence-electron chi connectivity index (χ0n) is 16.1. The third-order valence-corrected chi connectivity index (χ3v) is 5.29. The lowest BCUT2D eigenvalue weighted by Gasteiger charge is -2.40. The molecule has 2 atom stereocenters. The number of nitrogens with zero attached hydrogens (tertiary/aromatic N) is 1. The number of aliphatic carboxylic acids is 1. The maximum absolute atomic E-state index is 11.9. The second kappa shape index (κ2) is 8.44. The Bertz CT molecular complexity index is 787. The fourth-order valence-electron chi connectivity index (χ4n) is 3.87. The lowest BCUT2D eigenvalue weighted by Crippen LogP contribution is -2.46. The average molecular weight is 369 g/mol. The van der Waals surface area contributed by atoms with Crippen LogP contribution in [0.2, 0.25) is 0 Å². The fraction of sp³-hybridized carbons (Fsp3) is 0.409. The van der Waals surface area contributed by atoms with Crippen LogP contribution in [0.25, 0.3) is 0 Å². The zero-order chi connectivity index (χ0) is 19.4. The standard InChI is InChI=1S/C22H27NO4/c1-15-7-9-16(10-8-15)21(23-13-5-4-6-19(23)22(24)25)18-12-11-17(26-2)14-20(18)27-3/h7-12,14,19,21H,4-6,13H2,1-3H3,(H,24,25). The first-order valence-corrected chi connectivity index (χ1v) is 9.32. The molecule has 1 saturated heterocycles. The Morgan fingerprint density at radius 2 is 1.85 bits per heavy atom. The van der Waals surface area contributed by atoms with Gasteiger partial charge in [0.05, 0.1) is 20.3 Å². The molecule has 1 aliphatic rings. The Kier molecular flexibility index (Phi) is 6.01. The summed E-state index contributed by atoms with van der Waals surface area (Å²) in [6, 6.07) is 13.3. The molecule has 2 unspecified atom stereocenters. The predicted octanol–water partition coefficient (Wildman–Crippen LogP) is 4.04. The Morgan fingerprint density at radius 1 is 1.11 bits per heavy atom. The highest BCUT2D eigenvalue weighted by Gasteiger charge is 2.36. The zero-order valence-corrected chi connectivity index (χ0v) is 16.1. The highest BCUT2D eigenvalue weighted by molar-refractivity contribution is 5.73. The van der Waals surface area contributed by atoms with Crippen molar-refractivity contribution in [2.24, 2.45) is 0 Å². The first-order chi connectivity index (χ1) is 13.0. The van der Waals surface area contributed by atoms with Crippen molar-refractivity contribution >= 4 is 5.97 Å². The van der Waals surface area contributed by atoms with Gasteiger partial charge in [-0.2, -0.15) is 0 Å². The smallest absolute Gasteiger partial charge is 0.320 e. The van der Waals surface area contributed by atoms with Gasteiger partial charge in [-0.05, 0) is 44.0 Å². The Balaban J connectivity index is 2.13. The van der Waals surface area contributed by atoms with E-state index in [-0.39, 0.29) is 6.04 Å². The average Bonchev–Trinajstić information content (AvgIpc) is 2.70. The number of rotatable bonds is 6. The second-order valence-electron chi connectivity index (χ2n) is 7.01. The van der Waals surface area contributed by atoms with E-state index >= 15 is 0 Å². The maximum Gasteiger partial charge on any atom is 0.320 e. The van der Waals surface area contributed by atoms with Gasteiger partial charge in [0.15, 0.2) is 0 Å². The summed E-state index contributed by atoms with van der Waals surface area (Å²) >= 11 is 0. The number of aryl methyl sites for hydroxylation is 1. The van der Waals surface area contributed by atoms with Crippen molar-refractivity contribution in [3.63, 3.8) is 0 Å². The number of piperidine rings is 1. The fourth-order valence-corrected chi connectivity index (χ4v) is 3.87. The topological polar surface area (TPSA) is 59.0 Å². The molecule has 5 nitrogen and oxygen atoms in total. The van der Waals surface area contributed by atoms with Gasteiger partial charge in [0.1, 0.15) is 17.5 Å². The van der Waals surface area contributed by atoms with Crippen molar-refractivity contribution in [2.75, 3.05) is 20.8 Å². The number of ether oxygens (including phenoxy) is 2. The number of carbonyl (C=O) groups is 1. The number of hydrogen-bond donors (Lipinski definition) is 1. The molecule has 0 amide bonds. The minimum Gasteiger partial charge on any atom is -0.497 e.